The van der Waals surface area contributed by atoms with Gasteiger partial charge in [0.1, 0.15) is 12.4 Å². The molecule has 0 amide bonds. The number of rotatable bonds is 6. The lowest BCUT2D eigenvalue weighted by Crippen LogP contribution is -2.07. The number of nitro benzene ring substituents is 1. The first-order valence-electron chi connectivity index (χ1n) is 6.68. The lowest BCUT2D eigenvalue weighted by molar-refractivity contribution is -0.386. The summed E-state index contributed by atoms with van der Waals surface area (Å²) in [6, 6.07) is 14.3. The van der Waals surface area contributed by atoms with Gasteiger partial charge in [0.2, 0.25) is 0 Å². The summed E-state index contributed by atoms with van der Waals surface area (Å²) >= 11 is 0. The van der Waals surface area contributed by atoms with Gasteiger partial charge in [-0.05, 0) is 31.5 Å². The summed E-state index contributed by atoms with van der Waals surface area (Å²) in [6.07, 6.45) is -0.125. The van der Waals surface area contributed by atoms with Gasteiger partial charge in [0.25, 0.3) is 0 Å². The number of nitro groups is 1. The molecule has 0 fully saturated rings. The van der Waals surface area contributed by atoms with Crippen molar-refractivity contribution in [2.75, 3.05) is 0 Å². The first-order valence-corrected chi connectivity index (χ1v) is 6.68. The maximum Gasteiger partial charge on any atom is 0.314 e. The molecule has 0 radical (unpaired) electrons. The van der Waals surface area contributed by atoms with E-state index in [0.717, 1.165) is 5.56 Å². The number of benzene rings is 2. The minimum absolute atomic E-state index is 0.0886. The van der Waals surface area contributed by atoms with Gasteiger partial charge in [0.05, 0.1) is 17.1 Å². The molecular weight excluding hydrogens is 270 g/mol. The highest BCUT2D eigenvalue weighted by atomic mass is 16.6. The molecule has 2 aromatic carbocycles. The molecule has 0 N–H and O–H groups in total. The predicted molar refractivity (Wildman–Crippen MR) is 79.6 cm³/mol. The van der Waals surface area contributed by atoms with Gasteiger partial charge in [0, 0.05) is 0 Å². The number of ether oxygens (including phenoxy) is 2. The number of nitrogens with zero attached hydrogens (tertiary/aromatic N) is 1. The van der Waals surface area contributed by atoms with Crippen LogP contribution in [0.4, 0.5) is 5.69 Å². The Bertz CT molecular complexity index is 611. The predicted octanol–water partition coefficient (Wildman–Crippen LogP) is 3.96. The summed E-state index contributed by atoms with van der Waals surface area (Å²) < 4.78 is 11.0. The Balaban J connectivity index is 2.14. The van der Waals surface area contributed by atoms with Gasteiger partial charge < -0.3 is 9.47 Å². The van der Waals surface area contributed by atoms with Crippen molar-refractivity contribution >= 4 is 5.69 Å². The monoisotopic (exact) mass is 287 g/mol. The highest BCUT2D eigenvalue weighted by molar-refractivity contribution is 5.51. The van der Waals surface area contributed by atoms with Gasteiger partial charge in [-0.25, -0.2) is 0 Å². The molecule has 0 aliphatic rings. The second kappa shape index (κ2) is 6.74. The van der Waals surface area contributed by atoms with Gasteiger partial charge in [-0.15, -0.1) is 0 Å². The molecule has 0 aliphatic carbocycles. The normalized spacial score (nSPS) is 10.4. The van der Waals surface area contributed by atoms with Gasteiger partial charge in [-0.2, -0.15) is 0 Å². The van der Waals surface area contributed by atoms with Crippen LogP contribution in [-0.4, -0.2) is 11.0 Å². The summed E-state index contributed by atoms with van der Waals surface area (Å²) in [5.41, 5.74) is 0.914. The fourth-order valence-electron chi connectivity index (χ4n) is 1.82. The zero-order valence-corrected chi connectivity index (χ0v) is 12.0. The van der Waals surface area contributed by atoms with Crippen LogP contribution in [-0.2, 0) is 6.61 Å². The maximum atomic E-state index is 11.1. The molecule has 0 aliphatic heterocycles. The Labute approximate surface area is 123 Å². The van der Waals surface area contributed by atoms with Gasteiger partial charge in [-0.3, -0.25) is 10.1 Å². The lowest BCUT2D eigenvalue weighted by Gasteiger charge is -2.11. The van der Waals surface area contributed by atoms with Crippen molar-refractivity contribution in [1.82, 2.24) is 0 Å². The molecule has 0 aromatic heterocycles. The molecule has 0 saturated heterocycles. The van der Waals surface area contributed by atoms with Crippen LogP contribution in [0.3, 0.4) is 0 Å². The van der Waals surface area contributed by atoms with E-state index in [-0.39, 0.29) is 17.5 Å². The SMILES string of the molecule is CC(C)Oc1ccc(OCc2ccccc2)cc1[N+](=O)[O-]. The maximum absolute atomic E-state index is 11.1. The Morgan fingerprint density at radius 3 is 2.48 bits per heavy atom. The van der Waals surface area contributed by atoms with Crippen molar-refractivity contribution in [3.63, 3.8) is 0 Å². The molecule has 21 heavy (non-hydrogen) atoms. The van der Waals surface area contributed by atoms with Gasteiger partial charge in [0.15, 0.2) is 5.75 Å². The highest BCUT2D eigenvalue weighted by Crippen LogP contribution is 2.32. The zero-order chi connectivity index (χ0) is 15.2. The van der Waals surface area contributed by atoms with Crippen LogP contribution in [0.2, 0.25) is 0 Å². The quantitative estimate of drug-likeness (QED) is 0.596. The van der Waals surface area contributed by atoms with Crippen molar-refractivity contribution in [3.8, 4) is 11.5 Å². The van der Waals surface area contributed by atoms with Crippen LogP contribution in [0.1, 0.15) is 19.4 Å². The topological polar surface area (TPSA) is 61.6 Å². The third kappa shape index (κ3) is 4.21. The van der Waals surface area contributed by atoms with Gasteiger partial charge >= 0.3 is 5.69 Å². The average Bonchev–Trinajstić information content (AvgIpc) is 2.46. The van der Waals surface area contributed by atoms with E-state index in [9.17, 15) is 10.1 Å². The van der Waals surface area contributed by atoms with Crippen molar-refractivity contribution < 1.29 is 14.4 Å². The Kier molecular flexibility index (Phi) is 4.77. The third-order valence-corrected chi connectivity index (χ3v) is 2.74. The molecular formula is C16H17NO4. The van der Waals surface area contributed by atoms with Crippen LogP contribution in [0.25, 0.3) is 0 Å². The Morgan fingerprint density at radius 1 is 1.14 bits per heavy atom. The standard InChI is InChI=1S/C16H17NO4/c1-12(2)21-16-9-8-14(10-15(16)17(18)19)20-11-13-6-4-3-5-7-13/h3-10,12H,11H2,1-2H3. The first kappa shape index (κ1) is 14.8. The van der Waals surface area contributed by atoms with E-state index >= 15 is 0 Å². The molecule has 2 aromatic rings. The molecule has 0 atom stereocenters. The van der Waals surface area contributed by atoms with Crippen LogP contribution in [0.15, 0.2) is 48.5 Å². The second-order valence-corrected chi connectivity index (χ2v) is 4.83. The highest BCUT2D eigenvalue weighted by Gasteiger charge is 2.17. The molecule has 5 nitrogen and oxygen atoms in total. The van der Waals surface area contributed by atoms with E-state index in [1.165, 1.54) is 6.07 Å². The van der Waals surface area contributed by atoms with Gasteiger partial charge in [-0.1, -0.05) is 30.3 Å². The van der Waals surface area contributed by atoms with E-state index in [0.29, 0.717) is 12.4 Å². The third-order valence-electron chi connectivity index (χ3n) is 2.74. The van der Waals surface area contributed by atoms with Crippen molar-refractivity contribution in [2.45, 2.75) is 26.6 Å². The summed E-state index contributed by atoms with van der Waals surface area (Å²) in [4.78, 5) is 10.6. The second-order valence-electron chi connectivity index (χ2n) is 4.83. The van der Waals surface area contributed by atoms with E-state index < -0.39 is 4.92 Å². The van der Waals surface area contributed by atoms with Crippen LogP contribution in [0.5, 0.6) is 11.5 Å². The van der Waals surface area contributed by atoms with Crippen molar-refractivity contribution in [2.24, 2.45) is 0 Å². The van der Waals surface area contributed by atoms with E-state index in [4.69, 9.17) is 9.47 Å². The minimum atomic E-state index is -0.465. The molecule has 110 valence electrons. The van der Waals surface area contributed by atoms with Crippen molar-refractivity contribution in [3.05, 3.63) is 64.2 Å². The molecule has 0 saturated carbocycles. The number of hydrogen-bond donors (Lipinski definition) is 0. The average molecular weight is 287 g/mol. The molecule has 2 rings (SSSR count). The zero-order valence-electron chi connectivity index (χ0n) is 12.0. The minimum Gasteiger partial charge on any atom is -0.489 e. The van der Waals surface area contributed by atoms with Crippen molar-refractivity contribution in [1.29, 1.82) is 0 Å². The first-order chi connectivity index (χ1) is 10.1. The van der Waals surface area contributed by atoms with E-state index in [1.54, 1.807) is 12.1 Å². The summed E-state index contributed by atoms with van der Waals surface area (Å²) in [5, 5.41) is 11.1. The van der Waals surface area contributed by atoms with E-state index in [2.05, 4.69) is 0 Å². The lowest BCUT2D eigenvalue weighted by atomic mass is 10.2. The summed E-state index contributed by atoms with van der Waals surface area (Å²) in [6.45, 7) is 4.01. The summed E-state index contributed by atoms with van der Waals surface area (Å²) in [7, 11) is 0. The molecule has 0 heterocycles. The summed E-state index contributed by atoms with van der Waals surface area (Å²) in [5.74, 6) is 0.698. The van der Waals surface area contributed by atoms with Crippen LogP contribution >= 0.6 is 0 Å². The fourth-order valence-corrected chi connectivity index (χ4v) is 1.82. The molecule has 0 spiro atoms. The van der Waals surface area contributed by atoms with E-state index in [1.807, 2.05) is 44.2 Å². The molecule has 0 bridgehead atoms. The number of hydrogen-bond acceptors (Lipinski definition) is 4. The Morgan fingerprint density at radius 2 is 1.86 bits per heavy atom. The molecule has 5 heteroatoms. The van der Waals surface area contributed by atoms with Crippen LogP contribution in [0, 0.1) is 10.1 Å². The van der Waals surface area contributed by atoms with Crippen LogP contribution < -0.4 is 9.47 Å². The smallest absolute Gasteiger partial charge is 0.314 e. The fraction of sp³-hybridized carbons (Fsp3) is 0.250. The molecule has 0 unspecified atom stereocenters. The Hall–Kier alpha value is -2.56. The largest absolute Gasteiger partial charge is 0.489 e.